The summed E-state index contributed by atoms with van der Waals surface area (Å²) < 4.78 is 29.2. The Morgan fingerprint density at radius 3 is 2.36 bits per heavy atom. The lowest BCUT2D eigenvalue weighted by Gasteiger charge is -2.21. The summed E-state index contributed by atoms with van der Waals surface area (Å²) in [7, 11) is -0.303. The number of nitrogens with zero attached hydrogens (tertiary/aromatic N) is 4. The van der Waals surface area contributed by atoms with Crippen molar-refractivity contribution in [2.75, 3.05) is 38.6 Å². The monoisotopic (exact) mass is 651 g/mol. The van der Waals surface area contributed by atoms with E-state index in [0.29, 0.717) is 28.2 Å². The van der Waals surface area contributed by atoms with E-state index in [9.17, 15) is 18.3 Å². The van der Waals surface area contributed by atoms with E-state index in [1.165, 1.54) is 20.1 Å². The highest BCUT2D eigenvalue weighted by Gasteiger charge is 2.25. The van der Waals surface area contributed by atoms with Crippen LogP contribution in [0.15, 0.2) is 90.1 Å². The predicted molar refractivity (Wildman–Crippen MR) is 187 cm³/mol. The summed E-state index contributed by atoms with van der Waals surface area (Å²) in [4.78, 5) is 21.7. The Labute approximate surface area is 276 Å². The Morgan fingerprint density at radius 1 is 1.02 bits per heavy atom. The zero-order valence-electron chi connectivity index (χ0n) is 27.4. The number of benzene rings is 3. The van der Waals surface area contributed by atoms with Crippen molar-refractivity contribution in [3.05, 3.63) is 102 Å². The number of aromatic nitrogens is 2. The van der Waals surface area contributed by atoms with E-state index in [2.05, 4.69) is 35.3 Å². The number of aliphatic hydroxyl groups is 1. The van der Waals surface area contributed by atoms with E-state index >= 15 is 0 Å². The number of pyridine rings is 1. The van der Waals surface area contributed by atoms with Gasteiger partial charge in [-0.25, -0.2) is 17.4 Å². The number of aliphatic hydroxyl groups excluding tert-OH is 1. The van der Waals surface area contributed by atoms with Crippen molar-refractivity contribution < 1.29 is 18.3 Å². The molecule has 244 valence electrons. The quantitative estimate of drug-likeness (QED) is 0.218. The summed E-state index contributed by atoms with van der Waals surface area (Å²) in [6.07, 6.45) is 3.82. The molecule has 0 aliphatic carbocycles. The van der Waals surface area contributed by atoms with Crippen LogP contribution in [0.1, 0.15) is 34.8 Å². The van der Waals surface area contributed by atoms with Gasteiger partial charge in [0.15, 0.2) is 5.65 Å². The first-order valence-corrected chi connectivity index (χ1v) is 17.3. The van der Waals surface area contributed by atoms with Crippen molar-refractivity contribution in [3.8, 4) is 22.3 Å². The fourth-order valence-electron chi connectivity index (χ4n) is 6.37. The molecule has 47 heavy (non-hydrogen) atoms. The molecule has 0 bridgehead atoms. The van der Waals surface area contributed by atoms with Gasteiger partial charge in [0.25, 0.3) is 15.9 Å². The molecule has 1 aliphatic heterocycles. The lowest BCUT2D eigenvalue weighted by molar-refractivity contribution is 0.0703. The van der Waals surface area contributed by atoms with E-state index in [0.717, 1.165) is 41.8 Å². The Morgan fingerprint density at radius 2 is 1.72 bits per heavy atom. The Kier molecular flexibility index (Phi) is 8.93. The van der Waals surface area contributed by atoms with Gasteiger partial charge in [-0.15, -0.1) is 0 Å². The van der Waals surface area contributed by atoms with Gasteiger partial charge in [-0.3, -0.25) is 4.79 Å². The molecule has 0 saturated carbocycles. The number of carbonyl (C=O) groups excluding carboxylic acids is 1. The molecule has 2 unspecified atom stereocenters. The van der Waals surface area contributed by atoms with Gasteiger partial charge < -0.3 is 20.2 Å². The minimum absolute atomic E-state index is 0.174. The summed E-state index contributed by atoms with van der Waals surface area (Å²) in [6, 6.07) is 22.8. The average molecular weight is 652 g/mol. The highest BCUT2D eigenvalue weighted by molar-refractivity contribution is 7.90. The normalized spacial score (nSPS) is 15.7. The van der Waals surface area contributed by atoms with Crippen LogP contribution in [-0.2, 0) is 10.0 Å². The molecule has 2 N–H and O–H groups in total. The van der Waals surface area contributed by atoms with Crippen LogP contribution >= 0.6 is 0 Å². The van der Waals surface area contributed by atoms with Crippen LogP contribution in [0.5, 0.6) is 0 Å². The van der Waals surface area contributed by atoms with Crippen molar-refractivity contribution >= 4 is 32.7 Å². The molecular weight excluding hydrogens is 611 g/mol. The third kappa shape index (κ3) is 6.41. The highest BCUT2D eigenvalue weighted by atomic mass is 32.2. The molecule has 2 atom stereocenters. The number of hydrogen-bond donors (Lipinski definition) is 2. The number of aryl methyl sites for hydroxylation is 2. The van der Waals surface area contributed by atoms with Crippen molar-refractivity contribution in [2.24, 2.45) is 0 Å². The molecule has 9 nitrogen and oxygen atoms in total. The minimum atomic E-state index is -3.96. The first-order chi connectivity index (χ1) is 22.5. The molecule has 1 saturated heterocycles. The summed E-state index contributed by atoms with van der Waals surface area (Å²) in [6.45, 7) is 7.86. The third-order valence-corrected chi connectivity index (χ3v) is 10.6. The van der Waals surface area contributed by atoms with Gasteiger partial charge in [0, 0.05) is 72.9 Å². The number of amides is 1. The minimum Gasteiger partial charge on any atom is -0.392 e. The Balaban J connectivity index is 1.43. The standard InChI is InChI=1S/C37H41N5O4S/c1-24-6-13-32(14-7-24)47(45,46)42-23-34(27-8-10-28(11-9-27)37(44)40(5)21-26(3)43)33-19-30(20-39-36(33)42)29-12-15-35(25(2)18-29)41-17-16-31(22-41)38-4/h6-15,18-20,23,26,31,38,43H,16-17,21-22H2,1-5H3. The molecule has 2 aromatic heterocycles. The van der Waals surface area contributed by atoms with Gasteiger partial charge in [0.1, 0.15) is 0 Å². The zero-order valence-corrected chi connectivity index (χ0v) is 28.3. The van der Waals surface area contributed by atoms with Crippen molar-refractivity contribution in [2.45, 2.75) is 44.2 Å². The number of carbonyl (C=O) groups is 1. The van der Waals surface area contributed by atoms with Crippen LogP contribution in [0, 0.1) is 13.8 Å². The summed E-state index contributed by atoms with van der Waals surface area (Å²) in [5.41, 5.74) is 7.45. The van der Waals surface area contributed by atoms with E-state index in [-0.39, 0.29) is 17.3 Å². The smallest absolute Gasteiger partial charge is 0.269 e. The van der Waals surface area contributed by atoms with Gasteiger partial charge in [-0.05, 0) is 93.4 Å². The van der Waals surface area contributed by atoms with Crippen LogP contribution in [0.4, 0.5) is 5.69 Å². The Bertz CT molecular complexity index is 2040. The molecule has 3 heterocycles. The van der Waals surface area contributed by atoms with Crippen molar-refractivity contribution in [3.63, 3.8) is 0 Å². The fraction of sp³-hybridized carbons (Fsp3) is 0.297. The lowest BCUT2D eigenvalue weighted by atomic mass is 9.99. The number of nitrogens with one attached hydrogen (secondary N) is 1. The molecule has 6 rings (SSSR count). The van der Waals surface area contributed by atoms with E-state index < -0.39 is 16.1 Å². The molecule has 5 aromatic rings. The number of fused-ring (bicyclic) bond motifs is 1. The molecule has 1 amide bonds. The van der Waals surface area contributed by atoms with E-state index in [4.69, 9.17) is 4.98 Å². The van der Waals surface area contributed by atoms with Crippen LogP contribution in [-0.4, -0.2) is 79.2 Å². The molecule has 10 heteroatoms. The molecule has 0 spiro atoms. The second-order valence-corrected chi connectivity index (χ2v) is 14.4. The van der Waals surface area contributed by atoms with Crippen LogP contribution < -0.4 is 10.2 Å². The van der Waals surface area contributed by atoms with Crippen LogP contribution in [0.25, 0.3) is 33.3 Å². The molecule has 3 aromatic carbocycles. The second kappa shape index (κ2) is 12.9. The highest BCUT2D eigenvalue weighted by Crippen LogP contribution is 2.36. The zero-order chi connectivity index (χ0) is 33.5. The first-order valence-electron chi connectivity index (χ1n) is 15.9. The number of hydrogen-bond acceptors (Lipinski definition) is 7. The molecular formula is C37H41N5O4S. The van der Waals surface area contributed by atoms with Gasteiger partial charge in [0.2, 0.25) is 0 Å². The topological polar surface area (TPSA) is 108 Å². The van der Waals surface area contributed by atoms with Crippen LogP contribution in [0.3, 0.4) is 0 Å². The SMILES string of the molecule is CNC1CCN(c2ccc(-c3cnc4c(c3)c(-c3ccc(C(=O)N(C)CC(C)O)cc3)cn4S(=O)(=O)c3ccc(C)cc3)cc2C)C1. The van der Waals surface area contributed by atoms with Crippen molar-refractivity contribution in [1.82, 2.24) is 19.2 Å². The molecule has 1 fully saturated rings. The van der Waals surface area contributed by atoms with E-state index in [1.54, 1.807) is 62.8 Å². The third-order valence-electron chi connectivity index (χ3n) is 8.98. The second-order valence-electron chi connectivity index (χ2n) is 12.6. The predicted octanol–water partition coefficient (Wildman–Crippen LogP) is 5.48. The average Bonchev–Trinajstić information content (AvgIpc) is 3.70. The van der Waals surface area contributed by atoms with Gasteiger partial charge >= 0.3 is 0 Å². The first kappa shape index (κ1) is 32.4. The molecule has 1 aliphatic rings. The summed E-state index contributed by atoms with van der Waals surface area (Å²) >= 11 is 0. The summed E-state index contributed by atoms with van der Waals surface area (Å²) in [5, 5.41) is 13.8. The molecule has 0 radical (unpaired) electrons. The Hall–Kier alpha value is -4.51. The van der Waals surface area contributed by atoms with Crippen molar-refractivity contribution in [1.29, 1.82) is 0 Å². The van der Waals surface area contributed by atoms with Gasteiger partial charge in [-0.2, -0.15) is 0 Å². The maximum atomic E-state index is 14.0. The fourth-order valence-corrected chi connectivity index (χ4v) is 7.70. The summed E-state index contributed by atoms with van der Waals surface area (Å²) in [5.74, 6) is -0.208. The van der Waals surface area contributed by atoms with Gasteiger partial charge in [0.05, 0.1) is 11.0 Å². The van der Waals surface area contributed by atoms with E-state index in [1.807, 2.05) is 32.2 Å². The maximum Gasteiger partial charge on any atom is 0.269 e. The number of anilines is 1. The lowest BCUT2D eigenvalue weighted by Crippen LogP contribution is -2.32. The maximum absolute atomic E-state index is 14.0. The number of rotatable bonds is 9. The number of likely N-dealkylation sites (N-methyl/N-ethyl adjacent to an activating group) is 2. The largest absolute Gasteiger partial charge is 0.392 e. The van der Waals surface area contributed by atoms with Crippen LogP contribution in [0.2, 0.25) is 0 Å². The van der Waals surface area contributed by atoms with Gasteiger partial charge in [-0.1, -0.05) is 35.9 Å².